The molecule has 1 fully saturated rings. The zero-order valence-corrected chi connectivity index (χ0v) is 14.9. The molecule has 0 radical (unpaired) electrons. The van der Waals surface area contributed by atoms with Crippen LogP contribution in [0.5, 0.6) is 0 Å². The highest BCUT2D eigenvalue weighted by molar-refractivity contribution is 6.08. The van der Waals surface area contributed by atoms with Gasteiger partial charge in [0.05, 0.1) is 5.69 Å². The smallest absolute Gasteiger partial charge is 0.362 e. The monoisotopic (exact) mass is 384 g/mol. The molecule has 1 aromatic heterocycles. The molecule has 2 aromatic carbocycles. The number of halogens is 2. The van der Waals surface area contributed by atoms with Crippen molar-refractivity contribution in [3.05, 3.63) is 70.1 Å². The summed E-state index contributed by atoms with van der Waals surface area (Å²) in [4.78, 5) is 25.1. The second kappa shape index (κ2) is 7.42. The second-order valence-corrected chi connectivity index (χ2v) is 6.81. The van der Waals surface area contributed by atoms with Gasteiger partial charge in [-0.2, -0.15) is 0 Å². The number of anilines is 2. The van der Waals surface area contributed by atoms with Crippen LogP contribution in [-0.2, 0) is 0 Å². The molecule has 28 heavy (non-hydrogen) atoms. The third-order valence-electron chi connectivity index (χ3n) is 4.95. The van der Waals surface area contributed by atoms with Gasteiger partial charge >= 0.3 is 5.63 Å². The molecule has 5 nitrogen and oxygen atoms in total. The average Bonchev–Trinajstić information content (AvgIpc) is 3.17. The fourth-order valence-corrected chi connectivity index (χ4v) is 3.58. The lowest BCUT2D eigenvalue weighted by Crippen LogP contribution is -2.24. The predicted octanol–water partition coefficient (Wildman–Crippen LogP) is 4.68. The first-order valence-electron chi connectivity index (χ1n) is 9.12. The Morgan fingerprint density at radius 2 is 1.64 bits per heavy atom. The zero-order chi connectivity index (χ0) is 19.7. The highest BCUT2D eigenvalue weighted by Gasteiger charge is 2.24. The lowest BCUT2D eigenvalue weighted by atomic mass is 10.1. The molecule has 1 saturated carbocycles. The van der Waals surface area contributed by atoms with Crippen LogP contribution in [0.3, 0.4) is 0 Å². The van der Waals surface area contributed by atoms with Crippen LogP contribution >= 0.6 is 0 Å². The first-order valence-corrected chi connectivity index (χ1v) is 9.12. The molecule has 0 aliphatic heterocycles. The molecule has 0 spiro atoms. The Labute approximate surface area is 159 Å². The van der Waals surface area contributed by atoms with Crippen molar-refractivity contribution in [2.75, 3.05) is 10.6 Å². The number of benzene rings is 2. The van der Waals surface area contributed by atoms with E-state index >= 15 is 0 Å². The lowest BCUT2D eigenvalue weighted by molar-refractivity contribution is 0.101. The molecule has 1 aliphatic carbocycles. The van der Waals surface area contributed by atoms with Crippen LogP contribution in [0.25, 0.3) is 11.0 Å². The number of para-hydroxylation sites is 1. The Hall–Kier alpha value is -3.22. The molecular formula is C21H18F2N2O3. The number of fused-ring (bicyclic) bond motifs is 1. The van der Waals surface area contributed by atoms with E-state index in [1.807, 2.05) is 0 Å². The van der Waals surface area contributed by atoms with E-state index in [4.69, 9.17) is 4.42 Å². The van der Waals surface area contributed by atoms with Crippen LogP contribution < -0.4 is 16.3 Å². The summed E-state index contributed by atoms with van der Waals surface area (Å²) in [5.41, 5.74) is -0.920. The normalized spacial score (nSPS) is 14.4. The average molecular weight is 384 g/mol. The number of carbonyl (C=O) groups is 1. The van der Waals surface area contributed by atoms with E-state index in [2.05, 4.69) is 10.6 Å². The van der Waals surface area contributed by atoms with Gasteiger partial charge in [0.25, 0.3) is 5.91 Å². The van der Waals surface area contributed by atoms with Gasteiger partial charge in [-0.1, -0.05) is 31.0 Å². The quantitative estimate of drug-likeness (QED) is 0.641. The second-order valence-electron chi connectivity index (χ2n) is 6.81. The Morgan fingerprint density at radius 3 is 2.36 bits per heavy atom. The SMILES string of the molecule is O=C(Nc1c(NC2CCCC2)c2ccccc2oc1=O)c1c(F)cccc1F. The minimum absolute atomic E-state index is 0.144. The summed E-state index contributed by atoms with van der Waals surface area (Å²) in [6.45, 7) is 0. The molecule has 0 atom stereocenters. The Bertz CT molecular complexity index is 1080. The van der Waals surface area contributed by atoms with Gasteiger partial charge in [-0.25, -0.2) is 13.6 Å². The summed E-state index contributed by atoms with van der Waals surface area (Å²) in [5.74, 6) is -3.06. The maximum atomic E-state index is 14.0. The molecular weight excluding hydrogens is 366 g/mol. The van der Waals surface area contributed by atoms with Gasteiger partial charge in [0.1, 0.15) is 22.8 Å². The number of hydrogen-bond donors (Lipinski definition) is 2. The van der Waals surface area contributed by atoms with E-state index in [0.717, 1.165) is 37.8 Å². The summed E-state index contributed by atoms with van der Waals surface area (Å²) in [6, 6.07) is 10.2. The van der Waals surface area contributed by atoms with Gasteiger partial charge in [-0.15, -0.1) is 0 Å². The molecule has 144 valence electrons. The van der Waals surface area contributed by atoms with Gasteiger partial charge in [-0.3, -0.25) is 4.79 Å². The molecule has 4 rings (SSSR count). The van der Waals surface area contributed by atoms with Gasteiger partial charge in [0.2, 0.25) is 0 Å². The minimum atomic E-state index is -1.05. The summed E-state index contributed by atoms with van der Waals surface area (Å²) < 4.78 is 33.2. The van der Waals surface area contributed by atoms with Crippen molar-refractivity contribution >= 4 is 28.3 Å². The Morgan fingerprint density at radius 1 is 0.964 bits per heavy atom. The highest BCUT2D eigenvalue weighted by atomic mass is 19.1. The van der Waals surface area contributed by atoms with Gasteiger partial charge in [0.15, 0.2) is 5.69 Å². The number of carbonyl (C=O) groups excluding carboxylic acids is 1. The summed E-state index contributed by atoms with van der Waals surface area (Å²) in [5, 5.41) is 6.28. The van der Waals surface area contributed by atoms with Crippen molar-refractivity contribution < 1.29 is 18.0 Å². The van der Waals surface area contributed by atoms with E-state index < -0.39 is 28.7 Å². The highest BCUT2D eigenvalue weighted by Crippen LogP contribution is 2.32. The fraction of sp³-hybridized carbons (Fsp3) is 0.238. The predicted molar refractivity (Wildman–Crippen MR) is 103 cm³/mol. The molecule has 2 N–H and O–H groups in total. The third-order valence-corrected chi connectivity index (χ3v) is 4.95. The van der Waals surface area contributed by atoms with E-state index in [1.165, 1.54) is 6.07 Å². The number of nitrogens with one attached hydrogen (secondary N) is 2. The van der Waals surface area contributed by atoms with Crippen molar-refractivity contribution in [1.29, 1.82) is 0 Å². The third kappa shape index (κ3) is 3.35. The number of hydrogen-bond acceptors (Lipinski definition) is 4. The molecule has 1 amide bonds. The van der Waals surface area contributed by atoms with Crippen LogP contribution in [0.4, 0.5) is 20.2 Å². The topological polar surface area (TPSA) is 71.3 Å². The lowest BCUT2D eigenvalue weighted by Gasteiger charge is -2.18. The largest absolute Gasteiger partial charge is 0.421 e. The molecule has 1 aliphatic rings. The van der Waals surface area contributed by atoms with Gasteiger partial charge in [0, 0.05) is 11.4 Å². The van der Waals surface area contributed by atoms with Gasteiger partial charge < -0.3 is 15.1 Å². The van der Waals surface area contributed by atoms with Crippen LogP contribution in [0.1, 0.15) is 36.0 Å². The first kappa shape index (κ1) is 18.2. The van der Waals surface area contributed by atoms with Gasteiger partial charge in [-0.05, 0) is 37.1 Å². The first-order chi connectivity index (χ1) is 13.5. The Kier molecular flexibility index (Phi) is 4.81. The van der Waals surface area contributed by atoms with E-state index in [0.29, 0.717) is 16.7 Å². The molecule has 0 saturated heterocycles. The maximum absolute atomic E-state index is 14.0. The van der Waals surface area contributed by atoms with Crippen molar-refractivity contribution in [3.8, 4) is 0 Å². The zero-order valence-electron chi connectivity index (χ0n) is 14.9. The molecule has 7 heteroatoms. The van der Waals surface area contributed by atoms with Crippen molar-refractivity contribution in [3.63, 3.8) is 0 Å². The number of rotatable bonds is 4. The van der Waals surface area contributed by atoms with Crippen molar-refractivity contribution in [1.82, 2.24) is 0 Å². The Balaban J connectivity index is 1.80. The minimum Gasteiger partial charge on any atom is -0.421 e. The summed E-state index contributed by atoms with van der Waals surface area (Å²) in [7, 11) is 0. The van der Waals surface area contributed by atoms with Crippen LogP contribution in [0, 0.1) is 11.6 Å². The fourth-order valence-electron chi connectivity index (χ4n) is 3.58. The maximum Gasteiger partial charge on any atom is 0.362 e. The summed E-state index contributed by atoms with van der Waals surface area (Å²) in [6.07, 6.45) is 4.01. The van der Waals surface area contributed by atoms with Crippen LogP contribution in [0.2, 0.25) is 0 Å². The summed E-state index contributed by atoms with van der Waals surface area (Å²) >= 11 is 0. The van der Waals surface area contributed by atoms with E-state index in [9.17, 15) is 18.4 Å². The molecule has 0 unspecified atom stereocenters. The molecule has 0 bridgehead atoms. The molecule has 3 aromatic rings. The van der Waals surface area contributed by atoms with Crippen LogP contribution in [-0.4, -0.2) is 11.9 Å². The van der Waals surface area contributed by atoms with E-state index in [1.54, 1.807) is 24.3 Å². The number of amides is 1. The standard InChI is InChI=1S/C21H18F2N2O3/c22-14-9-5-10-15(23)17(14)20(26)25-19-18(24-12-6-1-2-7-12)13-8-3-4-11-16(13)28-21(19)27/h3-5,8-12,24H,1-2,6-7H2,(H,25,26). The van der Waals surface area contributed by atoms with E-state index in [-0.39, 0.29) is 11.7 Å². The van der Waals surface area contributed by atoms with Crippen LogP contribution in [0.15, 0.2) is 51.7 Å². The van der Waals surface area contributed by atoms with Crippen molar-refractivity contribution in [2.45, 2.75) is 31.7 Å². The van der Waals surface area contributed by atoms with Crippen molar-refractivity contribution in [2.24, 2.45) is 0 Å². The molecule has 1 heterocycles.